The fourth-order valence-electron chi connectivity index (χ4n) is 11.6. The molecule has 364 valence electrons. The Hall–Kier alpha value is -0.440. The van der Waals surface area contributed by atoms with Gasteiger partial charge in [-0.3, -0.25) is 34.3 Å². The molecule has 62 heavy (non-hydrogen) atoms. The third-order valence-electron chi connectivity index (χ3n) is 17.4. The molecule has 4 spiro atoms. The number of likely N-dealkylation sites (tertiary alicyclic amines) is 2. The van der Waals surface area contributed by atoms with E-state index in [0.717, 1.165) is 42.8 Å². The Morgan fingerprint density at radius 1 is 0.323 bits per heavy atom. The lowest BCUT2D eigenvalue weighted by molar-refractivity contribution is -0.164. The number of piperazine rings is 3. The van der Waals surface area contributed by atoms with Crippen LogP contribution in [0.5, 0.6) is 0 Å². The van der Waals surface area contributed by atoms with Crippen LogP contribution in [0.4, 0.5) is 0 Å². The molecule has 9 fully saturated rings. The summed E-state index contributed by atoms with van der Waals surface area (Å²) in [5.41, 5.74) is 2.24. The van der Waals surface area contributed by atoms with E-state index in [-0.39, 0.29) is 0 Å². The summed E-state index contributed by atoms with van der Waals surface area (Å²) < 4.78 is 5.35. The van der Waals surface area contributed by atoms with Gasteiger partial charge >= 0.3 is 0 Å². The van der Waals surface area contributed by atoms with Gasteiger partial charge in [0.1, 0.15) is 0 Å². The van der Waals surface area contributed by atoms with Crippen molar-refractivity contribution in [1.29, 1.82) is 0 Å². The van der Waals surface area contributed by atoms with Crippen molar-refractivity contribution in [2.45, 2.75) is 167 Å². The first-order valence-electron chi connectivity index (χ1n) is 26.0. The molecule has 2 aliphatic carbocycles. The molecule has 7 saturated heterocycles. The molecule has 0 aromatic heterocycles. The van der Waals surface area contributed by atoms with E-state index >= 15 is 0 Å². The van der Waals surface area contributed by atoms with Crippen LogP contribution in [0.2, 0.25) is 0 Å². The minimum atomic E-state index is 0.350. The van der Waals surface area contributed by atoms with Gasteiger partial charge < -0.3 is 19.4 Å². The topological polar surface area (TPSA) is 41.6 Å². The number of ether oxygens (including phenoxy) is 1. The number of hydrogen-bond acceptors (Lipinski definition) is 11. The lowest BCUT2D eigenvalue weighted by Gasteiger charge is -2.55. The quantitative estimate of drug-likeness (QED) is 0.347. The number of piperidine rings is 1. The lowest BCUT2D eigenvalue weighted by atomic mass is 9.72. The third kappa shape index (κ3) is 13.8. The van der Waals surface area contributed by atoms with Crippen molar-refractivity contribution in [3.05, 3.63) is 0 Å². The van der Waals surface area contributed by atoms with Gasteiger partial charge in [0.05, 0.1) is 18.8 Å². The van der Waals surface area contributed by atoms with E-state index in [9.17, 15) is 0 Å². The van der Waals surface area contributed by atoms with E-state index in [1.54, 1.807) is 0 Å². The van der Waals surface area contributed by atoms with Crippen LogP contribution in [0.3, 0.4) is 0 Å². The second-order valence-corrected chi connectivity index (χ2v) is 23.6. The van der Waals surface area contributed by atoms with E-state index in [0.29, 0.717) is 22.7 Å². The van der Waals surface area contributed by atoms with Crippen LogP contribution in [0, 0.1) is 5.41 Å². The standard InChI is InChI=1S/2C11H22N2.C10H20N2O.C10H20N2.C9H20N2/c1-10(2)13-6-4-11(5-7-13)8-12(3)9-11;1-10(2)13-8-7-12(3)11(9-13)5-4-6-11;1-9(2)12-5-4-11(3)10(6-12)7-13-8-10;1-9(2)12-7-6-11(3)10(8-12)4-5-10;1-9(2)11-6-4-5-10(3)7-8-11/h2*10H,4-9H2,1-3H3;9H,4-8H2,1-3H3;9H,4-8H2,1-3H3;9H,4-8H2,1-3H3. The predicted molar refractivity (Wildman–Crippen MR) is 265 cm³/mol. The van der Waals surface area contributed by atoms with Crippen molar-refractivity contribution >= 4 is 0 Å². The molecule has 0 radical (unpaired) electrons. The molecule has 0 aromatic rings. The minimum Gasteiger partial charge on any atom is -0.377 e. The highest BCUT2D eigenvalue weighted by atomic mass is 16.5. The Kier molecular flexibility index (Phi) is 19.5. The molecule has 0 aromatic carbocycles. The van der Waals surface area contributed by atoms with Gasteiger partial charge in [-0.2, -0.15) is 0 Å². The summed E-state index contributed by atoms with van der Waals surface area (Å²) in [6.45, 7) is 46.4. The number of hydrogen-bond donors (Lipinski definition) is 0. The number of nitrogens with zero attached hydrogens (tertiary/aromatic N) is 10. The zero-order chi connectivity index (χ0) is 45.5. The average molecular weight is 873 g/mol. The Balaban J connectivity index is 0.000000147. The normalized spacial score (nSPS) is 28.6. The predicted octanol–water partition coefficient (Wildman–Crippen LogP) is 5.61. The molecule has 0 unspecified atom stereocenters. The molecule has 0 atom stereocenters. The zero-order valence-corrected chi connectivity index (χ0v) is 43.9. The van der Waals surface area contributed by atoms with E-state index in [1.807, 2.05) is 0 Å². The average Bonchev–Trinajstić information content (AvgIpc) is 4.00. The van der Waals surface area contributed by atoms with Crippen LogP contribution in [-0.2, 0) is 4.74 Å². The van der Waals surface area contributed by atoms with Gasteiger partial charge in [-0.1, -0.05) is 0 Å². The maximum atomic E-state index is 5.35. The Labute approximate surface area is 385 Å². The highest BCUT2D eigenvalue weighted by molar-refractivity contribution is 5.08. The van der Waals surface area contributed by atoms with Crippen molar-refractivity contribution in [2.75, 3.05) is 160 Å². The van der Waals surface area contributed by atoms with E-state index in [2.05, 4.69) is 153 Å². The maximum absolute atomic E-state index is 5.35. The van der Waals surface area contributed by atoms with Gasteiger partial charge in [-0.25, -0.2) is 0 Å². The summed E-state index contributed by atoms with van der Waals surface area (Å²) in [6.07, 6.45) is 11.3. The fourth-order valence-corrected chi connectivity index (χ4v) is 11.6. The lowest BCUT2D eigenvalue weighted by Crippen LogP contribution is -2.71. The van der Waals surface area contributed by atoms with E-state index in [4.69, 9.17) is 4.74 Å². The van der Waals surface area contributed by atoms with Crippen molar-refractivity contribution in [3.8, 4) is 0 Å². The van der Waals surface area contributed by atoms with Gasteiger partial charge in [0, 0.05) is 126 Å². The van der Waals surface area contributed by atoms with Crippen LogP contribution < -0.4 is 0 Å². The van der Waals surface area contributed by atoms with Crippen LogP contribution in [0.25, 0.3) is 0 Å². The molecular formula is C51H104N10O. The summed E-state index contributed by atoms with van der Waals surface area (Å²) in [5, 5.41) is 0. The van der Waals surface area contributed by atoms with E-state index in [1.165, 1.54) is 163 Å². The van der Waals surface area contributed by atoms with Gasteiger partial charge in [0.15, 0.2) is 0 Å². The van der Waals surface area contributed by atoms with Gasteiger partial charge in [0.2, 0.25) is 0 Å². The molecule has 0 N–H and O–H groups in total. The Morgan fingerprint density at radius 3 is 1.06 bits per heavy atom. The highest BCUT2D eigenvalue weighted by Crippen LogP contribution is 2.44. The first-order valence-corrected chi connectivity index (χ1v) is 26.0. The highest BCUT2D eigenvalue weighted by Gasteiger charge is 2.50. The van der Waals surface area contributed by atoms with Crippen LogP contribution in [-0.4, -0.2) is 256 Å². The monoisotopic (exact) mass is 873 g/mol. The van der Waals surface area contributed by atoms with Crippen molar-refractivity contribution in [1.82, 2.24) is 49.0 Å². The smallest absolute Gasteiger partial charge is 0.0805 e. The first-order chi connectivity index (χ1) is 29.2. The van der Waals surface area contributed by atoms with Gasteiger partial charge in [-0.15, -0.1) is 0 Å². The molecule has 2 saturated carbocycles. The largest absolute Gasteiger partial charge is 0.377 e. The zero-order valence-electron chi connectivity index (χ0n) is 43.9. The van der Waals surface area contributed by atoms with Crippen molar-refractivity contribution in [3.63, 3.8) is 0 Å². The summed E-state index contributed by atoms with van der Waals surface area (Å²) >= 11 is 0. The molecule has 7 heterocycles. The van der Waals surface area contributed by atoms with Gasteiger partial charge in [-0.05, 0) is 187 Å². The fraction of sp³-hybridized carbons (Fsp3) is 1.00. The SMILES string of the molecule is CC(C)N1CCC2(CC1)CN(C)C2.CC(C)N1CCCN(C)CC1.CC(C)N1CCN(C)C2(CC2)C1.CC(C)N1CCN(C)C2(CCC2)C1.CC(C)N1CCN(C)C2(COC2)C1. The number of rotatable bonds is 5. The molecule has 9 aliphatic rings. The maximum Gasteiger partial charge on any atom is 0.0805 e. The first kappa shape index (κ1) is 52.5. The molecule has 0 bridgehead atoms. The van der Waals surface area contributed by atoms with Crippen LogP contribution in [0.15, 0.2) is 0 Å². The summed E-state index contributed by atoms with van der Waals surface area (Å²) in [6, 6.07) is 3.60. The summed E-state index contributed by atoms with van der Waals surface area (Å²) in [5.74, 6) is 0. The van der Waals surface area contributed by atoms with E-state index < -0.39 is 0 Å². The second kappa shape index (κ2) is 23.0. The van der Waals surface area contributed by atoms with Crippen molar-refractivity contribution < 1.29 is 4.74 Å². The minimum absolute atomic E-state index is 0.350. The Morgan fingerprint density at radius 2 is 0.710 bits per heavy atom. The van der Waals surface area contributed by atoms with Crippen molar-refractivity contribution in [2.24, 2.45) is 5.41 Å². The van der Waals surface area contributed by atoms with Crippen LogP contribution >= 0.6 is 0 Å². The Bertz CT molecular complexity index is 1240. The molecule has 0 amide bonds. The molecular weight excluding hydrogens is 769 g/mol. The molecule has 11 heteroatoms. The second-order valence-electron chi connectivity index (χ2n) is 23.6. The number of likely N-dealkylation sites (N-methyl/N-ethyl adjacent to an activating group) is 4. The molecule has 9 rings (SSSR count). The third-order valence-corrected chi connectivity index (χ3v) is 17.4. The molecule has 11 nitrogen and oxygen atoms in total. The summed E-state index contributed by atoms with van der Waals surface area (Å²) in [4.78, 5) is 25.5. The van der Waals surface area contributed by atoms with Crippen LogP contribution in [0.1, 0.15) is 121 Å². The summed E-state index contributed by atoms with van der Waals surface area (Å²) in [7, 11) is 11.3. The molecule has 7 aliphatic heterocycles. The van der Waals surface area contributed by atoms with Gasteiger partial charge in [0.25, 0.3) is 0 Å².